The van der Waals surface area contributed by atoms with E-state index in [1.807, 2.05) is 31.2 Å². The number of halogens is 1. The van der Waals surface area contributed by atoms with Gasteiger partial charge in [-0.05, 0) is 37.5 Å². The first-order chi connectivity index (χ1) is 15.7. The van der Waals surface area contributed by atoms with E-state index in [0.717, 1.165) is 41.9 Å². The Balaban J connectivity index is 1.90. The molecule has 9 N–H and O–H groups in total. The zero-order chi connectivity index (χ0) is 24.1. The molecule has 2 heterocycles. The largest absolute Gasteiger partial charge is 0.403 e. The molecule has 2 aromatic rings. The molecule has 0 aliphatic carbocycles. The molecule has 33 heavy (non-hydrogen) atoms. The summed E-state index contributed by atoms with van der Waals surface area (Å²) in [5.74, 6) is -0.674. The molecule has 7 nitrogen and oxygen atoms in total. The molecule has 0 radical (unpaired) electrons. The third-order valence-corrected chi connectivity index (χ3v) is 5.94. The fourth-order valence-electron chi connectivity index (χ4n) is 4.23. The molecule has 0 bridgehead atoms. The van der Waals surface area contributed by atoms with E-state index >= 15 is 0 Å². The van der Waals surface area contributed by atoms with Crippen molar-refractivity contribution in [3.63, 3.8) is 0 Å². The quantitative estimate of drug-likeness (QED) is 0.292. The number of nitrogens with two attached hydrogens (primary N) is 4. The lowest BCUT2D eigenvalue weighted by Crippen LogP contribution is -2.37. The molecule has 0 saturated carbocycles. The van der Waals surface area contributed by atoms with Crippen molar-refractivity contribution < 1.29 is 4.39 Å². The smallest absolute Gasteiger partial charge is 0.219 e. The lowest BCUT2D eigenvalue weighted by Gasteiger charge is -2.33. The van der Waals surface area contributed by atoms with Crippen LogP contribution in [0.4, 0.5) is 4.39 Å². The number of hydrogen-bond donors (Lipinski definition) is 5. The second-order valence-electron chi connectivity index (χ2n) is 8.49. The number of nitrogens with one attached hydrogen (secondary N) is 1. The van der Waals surface area contributed by atoms with E-state index in [9.17, 15) is 4.39 Å². The molecule has 1 aromatic carbocycles. The Morgan fingerprint density at radius 2 is 2.06 bits per heavy atom. The van der Waals surface area contributed by atoms with Crippen LogP contribution in [-0.2, 0) is 0 Å². The van der Waals surface area contributed by atoms with E-state index in [0.29, 0.717) is 17.8 Å². The molecule has 0 amide bonds. The van der Waals surface area contributed by atoms with Crippen molar-refractivity contribution in [2.75, 3.05) is 6.54 Å². The Kier molecular flexibility index (Phi) is 7.73. The van der Waals surface area contributed by atoms with E-state index in [4.69, 9.17) is 22.9 Å². The lowest BCUT2D eigenvalue weighted by atomic mass is 9.99. The minimum absolute atomic E-state index is 0.0250. The van der Waals surface area contributed by atoms with Crippen LogP contribution < -0.4 is 28.3 Å². The fourth-order valence-corrected chi connectivity index (χ4v) is 4.23. The van der Waals surface area contributed by atoms with Crippen molar-refractivity contribution in [3.8, 4) is 0 Å². The number of benzene rings is 1. The normalized spacial score (nSPS) is 17.3. The van der Waals surface area contributed by atoms with Gasteiger partial charge in [-0.3, -0.25) is 0 Å². The Hall–Kier alpha value is -3.36. The summed E-state index contributed by atoms with van der Waals surface area (Å²) < 4.78 is 14.6. The van der Waals surface area contributed by atoms with Gasteiger partial charge < -0.3 is 33.2 Å². The topological polar surface area (TPSA) is 132 Å². The summed E-state index contributed by atoms with van der Waals surface area (Å²) in [6.07, 6.45) is 2.88. The molecule has 0 spiro atoms. The predicted octanol–water partition coefficient (Wildman–Crippen LogP) is 2.76. The second-order valence-corrected chi connectivity index (χ2v) is 8.49. The zero-order valence-corrected chi connectivity index (χ0v) is 19.1. The molecule has 2 atom stereocenters. The van der Waals surface area contributed by atoms with Crippen molar-refractivity contribution >= 4 is 0 Å². The van der Waals surface area contributed by atoms with Gasteiger partial charge in [0, 0.05) is 41.8 Å². The van der Waals surface area contributed by atoms with Gasteiger partial charge in [-0.15, -0.1) is 0 Å². The SMILES string of the molecule is C=C(NC(c1cccc(C)c1)c1ccc(C(N)N)c(F)n1)C1CCCN1C(=C)C/C(N)=C/N. The second kappa shape index (κ2) is 10.5. The molecule has 3 rings (SSSR count). The van der Waals surface area contributed by atoms with Gasteiger partial charge in [0.15, 0.2) is 0 Å². The van der Waals surface area contributed by atoms with Gasteiger partial charge in [-0.25, -0.2) is 4.98 Å². The third kappa shape index (κ3) is 5.71. The van der Waals surface area contributed by atoms with E-state index in [1.165, 1.54) is 6.20 Å². The number of pyridine rings is 1. The first-order valence-electron chi connectivity index (χ1n) is 11.0. The first kappa shape index (κ1) is 24.3. The van der Waals surface area contributed by atoms with Crippen LogP contribution in [0.15, 0.2) is 72.8 Å². The number of nitrogens with zero attached hydrogens (tertiary/aromatic N) is 2. The first-order valence-corrected chi connectivity index (χ1v) is 11.0. The van der Waals surface area contributed by atoms with Gasteiger partial charge in [0.2, 0.25) is 5.95 Å². The summed E-state index contributed by atoms with van der Waals surface area (Å²) in [4.78, 5) is 6.38. The van der Waals surface area contributed by atoms with E-state index in [2.05, 4.69) is 28.4 Å². The maximum Gasteiger partial charge on any atom is 0.219 e. The van der Waals surface area contributed by atoms with Crippen LogP contribution in [0.5, 0.6) is 0 Å². The molecule has 8 heteroatoms. The van der Waals surface area contributed by atoms with Crippen LogP contribution in [0.3, 0.4) is 0 Å². The van der Waals surface area contributed by atoms with Gasteiger partial charge in [-0.2, -0.15) is 4.39 Å². The molecule has 1 aromatic heterocycles. The summed E-state index contributed by atoms with van der Waals surface area (Å²) in [6, 6.07) is 11.0. The number of rotatable bonds is 9. The Bertz CT molecular complexity index is 1050. The molecular formula is C25H34FN7. The van der Waals surface area contributed by atoms with Crippen LogP contribution in [0.25, 0.3) is 0 Å². The molecule has 1 fully saturated rings. The van der Waals surface area contributed by atoms with Crippen molar-refractivity contribution in [1.82, 2.24) is 15.2 Å². The standard InChI is InChI=1S/C25H34FN7/c1-15-6-4-7-18(12-15)23(21-10-9-20(25(29)30)24(26)32-21)31-17(3)22-8-5-11-33(22)16(2)13-19(28)14-27/h4,6-7,9-10,12,14,22-23,25,31H,2-3,5,8,11,13,27-30H2,1H3/b19-14-. The van der Waals surface area contributed by atoms with E-state index < -0.39 is 18.2 Å². The van der Waals surface area contributed by atoms with Crippen LogP contribution in [0.1, 0.15) is 53.9 Å². The highest BCUT2D eigenvalue weighted by Crippen LogP contribution is 2.30. The van der Waals surface area contributed by atoms with Gasteiger partial charge in [0.05, 0.1) is 23.9 Å². The van der Waals surface area contributed by atoms with E-state index in [-0.39, 0.29) is 11.6 Å². The highest BCUT2D eigenvalue weighted by atomic mass is 19.1. The molecule has 1 saturated heterocycles. The average Bonchev–Trinajstić information content (AvgIpc) is 3.27. The predicted molar refractivity (Wildman–Crippen MR) is 131 cm³/mol. The van der Waals surface area contributed by atoms with Crippen molar-refractivity contribution in [3.05, 3.63) is 101 Å². The maximum absolute atomic E-state index is 14.6. The van der Waals surface area contributed by atoms with Crippen LogP contribution in [0, 0.1) is 12.9 Å². The molecule has 2 unspecified atom stereocenters. The monoisotopic (exact) mass is 451 g/mol. The Labute approximate surface area is 195 Å². The minimum Gasteiger partial charge on any atom is -0.403 e. The third-order valence-electron chi connectivity index (χ3n) is 5.94. The summed E-state index contributed by atoms with van der Waals surface area (Å²) >= 11 is 0. The number of hydrogen-bond acceptors (Lipinski definition) is 7. The number of aromatic nitrogens is 1. The average molecular weight is 452 g/mol. The van der Waals surface area contributed by atoms with Gasteiger partial charge >= 0.3 is 0 Å². The lowest BCUT2D eigenvalue weighted by molar-refractivity contribution is 0.333. The molecule has 176 valence electrons. The van der Waals surface area contributed by atoms with Gasteiger partial charge in [0.25, 0.3) is 0 Å². The number of aryl methyl sites for hydroxylation is 1. The van der Waals surface area contributed by atoms with Gasteiger partial charge in [0.1, 0.15) is 0 Å². The van der Waals surface area contributed by atoms with Crippen LogP contribution >= 0.6 is 0 Å². The maximum atomic E-state index is 14.6. The molecular weight excluding hydrogens is 417 g/mol. The Morgan fingerprint density at radius 3 is 2.70 bits per heavy atom. The summed E-state index contributed by atoms with van der Waals surface area (Å²) in [5, 5.41) is 3.51. The summed E-state index contributed by atoms with van der Waals surface area (Å²) in [7, 11) is 0. The van der Waals surface area contributed by atoms with Crippen LogP contribution in [-0.4, -0.2) is 22.5 Å². The van der Waals surface area contributed by atoms with E-state index in [1.54, 1.807) is 12.1 Å². The number of likely N-dealkylation sites (tertiary alicyclic amines) is 1. The summed E-state index contributed by atoms with van der Waals surface area (Å²) in [6.45, 7) is 11.4. The van der Waals surface area contributed by atoms with Gasteiger partial charge in [-0.1, -0.05) is 43.0 Å². The zero-order valence-electron chi connectivity index (χ0n) is 19.1. The molecule has 1 aliphatic heterocycles. The fraction of sp³-hybridized carbons (Fsp3) is 0.320. The van der Waals surface area contributed by atoms with Crippen LogP contribution in [0.2, 0.25) is 0 Å². The van der Waals surface area contributed by atoms with Crippen molar-refractivity contribution in [1.29, 1.82) is 0 Å². The Morgan fingerprint density at radius 1 is 1.30 bits per heavy atom. The van der Waals surface area contributed by atoms with Crippen molar-refractivity contribution in [2.45, 2.75) is 44.4 Å². The minimum atomic E-state index is -0.931. The summed E-state index contributed by atoms with van der Waals surface area (Å²) in [5.41, 5.74) is 27.7. The highest BCUT2D eigenvalue weighted by Gasteiger charge is 2.30. The van der Waals surface area contributed by atoms with Crippen molar-refractivity contribution in [2.24, 2.45) is 22.9 Å². The highest BCUT2D eigenvalue weighted by molar-refractivity contribution is 5.34. The molecule has 1 aliphatic rings.